The Morgan fingerprint density at radius 1 is 0.897 bits per heavy atom. The summed E-state index contributed by atoms with van der Waals surface area (Å²) >= 11 is 0. The molecule has 1 N–H and O–H groups in total. The van der Waals surface area contributed by atoms with E-state index in [1.807, 2.05) is 24.5 Å². The molecule has 0 saturated carbocycles. The van der Waals surface area contributed by atoms with Crippen LogP contribution in [0.1, 0.15) is 36.3 Å². The van der Waals surface area contributed by atoms with Crippen LogP contribution in [0, 0.1) is 0 Å². The molecule has 6 rings (SSSR count). The Kier molecular flexibility index (Phi) is 3.54. The first-order chi connectivity index (χ1) is 14.3. The minimum Gasteiger partial charge on any atom is -0.358 e. The fraction of sp³-hybridized carbons (Fsp3) is 0.160. The maximum atomic E-state index is 13.1. The fourth-order valence-electron chi connectivity index (χ4n) is 4.83. The first kappa shape index (κ1) is 16.4. The number of fused-ring (bicyclic) bond motifs is 4. The number of nitrogens with zero attached hydrogens (tertiary/aromatic N) is 2. The van der Waals surface area contributed by atoms with Gasteiger partial charge in [0.25, 0.3) is 0 Å². The summed E-state index contributed by atoms with van der Waals surface area (Å²) in [4.78, 5) is 22.2. The van der Waals surface area contributed by atoms with Gasteiger partial charge in [-0.1, -0.05) is 24.3 Å². The smallest absolute Gasteiger partial charge is 0.161 e. The molecule has 0 saturated heterocycles. The lowest BCUT2D eigenvalue weighted by Crippen LogP contribution is -2.27. The molecule has 1 aliphatic carbocycles. The standard InChI is InChI=1S/C25H19N3O/c29-22-7-1-6-19-25(22)23(16-9-8-15-4-2-12-27-21(15)14-16)24-17-5-3-13-26-18(17)10-11-20(24)28-19/h2-5,8-14,23,28H,1,6-7H2/t23-/m0/s1. The Balaban J connectivity index is 1.68. The van der Waals surface area contributed by atoms with E-state index in [0.29, 0.717) is 6.42 Å². The summed E-state index contributed by atoms with van der Waals surface area (Å²) in [5.41, 5.74) is 7.21. The normalized spacial score (nSPS) is 18.5. The van der Waals surface area contributed by atoms with E-state index in [0.717, 1.165) is 62.7 Å². The number of hydrogen-bond donors (Lipinski definition) is 1. The van der Waals surface area contributed by atoms with Crippen molar-refractivity contribution >= 4 is 33.3 Å². The SMILES string of the molecule is O=C1CCCC2=C1[C@@H](c1ccc3cccnc3c1)c1c(ccc3ncccc13)N2. The van der Waals surface area contributed by atoms with E-state index in [2.05, 4.69) is 57.7 Å². The van der Waals surface area contributed by atoms with E-state index < -0.39 is 0 Å². The van der Waals surface area contributed by atoms with Crippen molar-refractivity contribution < 1.29 is 4.79 Å². The van der Waals surface area contributed by atoms with E-state index >= 15 is 0 Å². The zero-order valence-corrected chi connectivity index (χ0v) is 15.9. The lowest BCUT2D eigenvalue weighted by atomic mass is 9.74. The number of hydrogen-bond acceptors (Lipinski definition) is 4. The van der Waals surface area contributed by atoms with Crippen LogP contribution in [-0.2, 0) is 4.79 Å². The van der Waals surface area contributed by atoms with Gasteiger partial charge in [0.05, 0.1) is 11.0 Å². The monoisotopic (exact) mass is 377 g/mol. The van der Waals surface area contributed by atoms with E-state index in [1.54, 1.807) is 0 Å². The van der Waals surface area contributed by atoms with Crippen molar-refractivity contribution in [2.24, 2.45) is 0 Å². The van der Waals surface area contributed by atoms with Crippen molar-refractivity contribution in [3.8, 4) is 0 Å². The molecule has 0 radical (unpaired) electrons. The zero-order chi connectivity index (χ0) is 19.4. The lowest BCUT2D eigenvalue weighted by Gasteiger charge is -2.34. The summed E-state index contributed by atoms with van der Waals surface area (Å²) in [6.07, 6.45) is 6.06. The third-order valence-electron chi connectivity index (χ3n) is 6.11. The third kappa shape index (κ3) is 2.49. The third-order valence-corrected chi connectivity index (χ3v) is 6.11. The summed E-state index contributed by atoms with van der Waals surface area (Å²) in [5, 5.41) is 5.77. The Morgan fingerprint density at radius 2 is 1.76 bits per heavy atom. The van der Waals surface area contributed by atoms with Gasteiger partial charge in [0.1, 0.15) is 0 Å². The highest BCUT2D eigenvalue weighted by Gasteiger charge is 2.36. The number of pyridine rings is 2. The number of anilines is 1. The second-order valence-electron chi connectivity index (χ2n) is 7.78. The first-order valence-electron chi connectivity index (χ1n) is 10.1. The Morgan fingerprint density at radius 3 is 2.69 bits per heavy atom. The molecule has 3 heterocycles. The quantitative estimate of drug-likeness (QED) is 0.486. The predicted molar refractivity (Wildman–Crippen MR) is 115 cm³/mol. The van der Waals surface area contributed by atoms with Crippen LogP contribution in [0.5, 0.6) is 0 Å². The summed E-state index contributed by atoms with van der Waals surface area (Å²) in [5.74, 6) is 0.143. The van der Waals surface area contributed by atoms with Crippen molar-refractivity contribution in [1.29, 1.82) is 0 Å². The average molecular weight is 377 g/mol. The van der Waals surface area contributed by atoms with Gasteiger partial charge in [-0.2, -0.15) is 0 Å². The van der Waals surface area contributed by atoms with Gasteiger partial charge in [0.2, 0.25) is 0 Å². The molecule has 0 unspecified atom stereocenters. The van der Waals surface area contributed by atoms with Crippen molar-refractivity contribution in [2.75, 3.05) is 5.32 Å². The summed E-state index contributed by atoms with van der Waals surface area (Å²) < 4.78 is 0. The van der Waals surface area contributed by atoms with Crippen LogP contribution in [0.2, 0.25) is 0 Å². The number of allylic oxidation sites excluding steroid dienone is 2. The molecule has 29 heavy (non-hydrogen) atoms. The highest BCUT2D eigenvalue weighted by molar-refractivity contribution is 6.03. The topological polar surface area (TPSA) is 54.9 Å². The Bertz CT molecular complexity index is 1340. The van der Waals surface area contributed by atoms with E-state index in [4.69, 9.17) is 0 Å². The van der Waals surface area contributed by atoms with Gasteiger partial charge >= 0.3 is 0 Å². The van der Waals surface area contributed by atoms with Crippen LogP contribution in [0.4, 0.5) is 5.69 Å². The zero-order valence-electron chi connectivity index (χ0n) is 15.9. The molecule has 140 valence electrons. The molecule has 2 aliphatic rings. The number of aromatic nitrogens is 2. The molecule has 4 heteroatoms. The fourth-order valence-corrected chi connectivity index (χ4v) is 4.83. The Hall–Kier alpha value is -3.53. The number of carbonyl (C=O) groups excluding carboxylic acids is 1. The molecule has 2 aromatic heterocycles. The van der Waals surface area contributed by atoms with Crippen LogP contribution in [0.15, 0.2) is 78.3 Å². The van der Waals surface area contributed by atoms with Crippen LogP contribution < -0.4 is 5.32 Å². The summed E-state index contributed by atoms with van der Waals surface area (Å²) in [7, 11) is 0. The minimum absolute atomic E-state index is 0.103. The average Bonchev–Trinajstić information content (AvgIpc) is 2.77. The maximum Gasteiger partial charge on any atom is 0.161 e. The van der Waals surface area contributed by atoms with Crippen LogP contribution in [0.3, 0.4) is 0 Å². The molecule has 1 aliphatic heterocycles. The number of rotatable bonds is 1. The predicted octanol–water partition coefficient (Wildman–Crippen LogP) is 5.35. The lowest BCUT2D eigenvalue weighted by molar-refractivity contribution is -0.116. The molecular weight excluding hydrogens is 358 g/mol. The highest BCUT2D eigenvalue weighted by atomic mass is 16.1. The molecule has 4 nitrogen and oxygen atoms in total. The van der Waals surface area contributed by atoms with Crippen LogP contribution >= 0.6 is 0 Å². The second kappa shape index (κ2) is 6.24. The molecule has 0 bridgehead atoms. The Labute approximate surface area is 168 Å². The van der Waals surface area contributed by atoms with Crippen LogP contribution in [0.25, 0.3) is 21.8 Å². The van der Waals surface area contributed by atoms with Gasteiger partial charge in [0, 0.05) is 52.5 Å². The molecule has 2 aromatic carbocycles. The van der Waals surface area contributed by atoms with Crippen molar-refractivity contribution in [3.63, 3.8) is 0 Å². The number of nitrogens with one attached hydrogen (secondary N) is 1. The molecule has 0 fully saturated rings. The van der Waals surface area contributed by atoms with E-state index in [9.17, 15) is 4.79 Å². The molecular formula is C25H19N3O. The van der Waals surface area contributed by atoms with E-state index in [1.165, 1.54) is 0 Å². The molecule has 4 aromatic rings. The summed E-state index contributed by atoms with van der Waals surface area (Å²) in [6, 6.07) is 18.6. The van der Waals surface area contributed by atoms with Gasteiger partial charge in [-0.05, 0) is 54.3 Å². The van der Waals surface area contributed by atoms with Gasteiger partial charge < -0.3 is 5.32 Å². The molecule has 0 amide bonds. The number of ketones is 1. The van der Waals surface area contributed by atoms with Gasteiger partial charge in [-0.3, -0.25) is 14.8 Å². The minimum atomic E-state index is -0.103. The summed E-state index contributed by atoms with van der Waals surface area (Å²) in [6.45, 7) is 0. The highest BCUT2D eigenvalue weighted by Crippen LogP contribution is 2.47. The largest absolute Gasteiger partial charge is 0.358 e. The maximum absolute atomic E-state index is 13.1. The number of carbonyl (C=O) groups is 1. The number of benzene rings is 2. The van der Waals surface area contributed by atoms with Gasteiger partial charge in [-0.15, -0.1) is 0 Å². The van der Waals surface area contributed by atoms with Crippen molar-refractivity contribution in [2.45, 2.75) is 25.2 Å². The van der Waals surface area contributed by atoms with Crippen LogP contribution in [-0.4, -0.2) is 15.8 Å². The second-order valence-corrected chi connectivity index (χ2v) is 7.78. The van der Waals surface area contributed by atoms with Gasteiger partial charge in [-0.25, -0.2) is 0 Å². The van der Waals surface area contributed by atoms with E-state index in [-0.39, 0.29) is 11.7 Å². The number of Topliss-reactive ketones (excluding diaryl/α,β-unsaturated/α-hetero) is 1. The first-order valence-corrected chi connectivity index (χ1v) is 10.1. The molecule has 0 spiro atoms. The van der Waals surface area contributed by atoms with Crippen molar-refractivity contribution in [1.82, 2.24) is 9.97 Å². The van der Waals surface area contributed by atoms with Crippen molar-refractivity contribution in [3.05, 3.63) is 89.4 Å². The molecule has 1 atom stereocenters. The van der Waals surface area contributed by atoms with Gasteiger partial charge in [0.15, 0.2) is 5.78 Å².